The molecule has 0 aliphatic rings. The van der Waals surface area contributed by atoms with E-state index in [1.807, 2.05) is 0 Å². The molecule has 0 saturated carbocycles. The molecular weight excluding hydrogens is 92.1 g/mol. The van der Waals surface area contributed by atoms with Gasteiger partial charge in [-0.3, -0.25) is 0 Å². The van der Waals surface area contributed by atoms with E-state index in [1.165, 1.54) is 0 Å². The molecule has 0 aromatic heterocycles. The van der Waals surface area contributed by atoms with E-state index >= 15 is 0 Å². The van der Waals surface area contributed by atoms with Crippen LogP contribution in [0.2, 0.25) is 0 Å². The van der Waals surface area contributed by atoms with E-state index in [1.54, 1.807) is 6.92 Å². The predicted molar refractivity (Wildman–Crippen MR) is 28.8 cm³/mol. The molecule has 0 fully saturated rings. The van der Waals surface area contributed by atoms with Crippen molar-refractivity contribution in [1.82, 2.24) is 0 Å². The summed E-state index contributed by atoms with van der Waals surface area (Å²) in [6.07, 6.45) is 0. The van der Waals surface area contributed by atoms with E-state index in [0.29, 0.717) is 0 Å². The summed E-state index contributed by atoms with van der Waals surface area (Å²) in [4.78, 5) is 0. The van der Waals surface area contributed by atoms with Gasteiger partial charge < -0.3 is 0 Å². The molecule has 0 aliphatic heterocycles. The summed E-state index contributed by atoms with van der Waals surface area (Å²) in [5.41, 5.74) is 0. The van der Waals surface area contributed by atoms with Crippen LogP contribution < -0.4 is 0 Å². The number of hydrogen-bond acceptors (Lipinski definition) is 0. The molecule has 0 atom stereocenters. The fraction of sp³-hybridized carbons (Fsp3) is 0.200. The van der Waals surface area contributed by atoms with Crippen LogP contribution in [-0.2, 0) is 0 Å². The van der Waals surface area contributed by atoms with Crippen LogP contribution in [0.4, 0.5) is 0 Å². The molecule has 0 aromatic carbocycles. The Morgan fingerprint density at radius 1 is 1.33 bits per heavy atom. The highest BCUT2D eigenvalue weighted by Crippen LogP contribution is 1.57. The molecule has 0 N–H and O–H groups in total. The van der Waals surface area contributed by atoms with Gasteiger partial charge in [0, 0.05) is 11.2 Å². The van der Waals surface area contributed by atoms with Crippen LogP contribution in [0.5, 0.6) is 0 Å². The molecule has 0 amide bonds. The molecule has 0 aliphatic carbocycles. The molecular formula is C5H3S. The van der Waals surface area contributed by atoms with Crippen molar-refractivity contribution in [3.63, 3.8) is 0 Å². The average Bonchev–Trinajstić information content (AvgIpc) is 1.61. The van der Waals surface area contributed by atoms with Gasteiger partial charge in [-0.05, 0) is 25.5 Å². The Hall–Kier alpha value is -0.660. The van der Waals surface area contributed by atoms with Crippen LogP contribution in [0, 0.1) is 23.0 Å². The fourth-order valence-electron chi connectivity index (χ4n) is 0.0880. The summed E-state index contributed by atoms with van der Waals surface area (Å²) >= 11 is 4.25. The van der Waals surface area contributed by atoms with E-state index in [0.717, 1.165) is 0 Å². The van der Waals surface area contributed by atoms with Gasteiger partial charge in [0.05, 0.1) is 0 Å². The van der Waals surface area contributed by atoms with Crippen molar-refractivity contribution in [1.29, 1.82) is 0 Å². The van der Waals surface area contributed by atoms with Gasteiger partial charge in [-0.2, -0.15) is 0 Å². The Morgan fingerprint density at radius 3 is 2.17 bits per heavy atom. The third kappa shape index (κ3) is 3.34. The maximum absolute atomic E-state index is 4.25. The number of hydrogen-bond donors (Lipinski definition) is 0. The van der Waals surface area contributed by atoms with Gasteiger partial charge in [0.25, 0.3) is 0 Å². The maximum atomic E-state index is 4.25. The van der Waals surface area contributed by atoms with Gasteiger partial charge in [-0.25, -0.2) is 0 Å². The first kappa shape index (κ1) is 5.34. The Kier molecular flexibility index (Phi) is 3.86. The van der Waals surface area contributed by atoms with Crippen LogP contribution in [0.15, 0.2) is 0 Å². The quantitative estimate of drug-likeness (QED) is 0.396. The topological polar surface area (TPSA) is 0 Å². The number of rotatable bonds is 0. The summed E-state index contributed by atoms with van der Waals surface area (Å²) < 4.78 is 0. The molecule has 1 radical (unpaired) electrons. The van der Waals surface area contributed by atoms with Gasteiger partial charge >= 0.3 is 0 Å². The minimum atomic E-state index is 1.72. The van der Waals surface area contributed by atoms with E-state index in [9.17, 15) is 0 Å². The average molecular weight is 95.1 g/mol. The van der Waals surface area contributed by atoms with E-state index in [4.69, 9.17) is 0 Å². The second-order valence-electron chi connectivity index (χ2n) is 0.602. The molecule has 0 unspecified atom stereocenters. The summed E-state index contributed by atoms with van der Waals surface area (Å²) in [5, 5.41) is 2.23. The molecule has 0 aromatic rings. The van der Waals surface area contributed by atoms with Crippen molar-refractivity contribution in [2.75, 3.05) is 0 Å². The highest BCUT2D eigenvalue weighted by molar-refractivity contribution is 7.85. The lowest BCUT2D eigenvalue weighted by Crippen LogP contribution is -1.40. The van der Waals surface area contributed by atoms with Crippen molar-refractivity contribution in [2.45, 2.75) is 6.92 Å². The Balaban J connectivity index is 3.43. The first-order valence-corrected chi connectivity index (χ1v) is 1.86. The van der Waals surface area contributed by atoms with E-state index < -0.39 is 0 Å². The Labute approximate surface area is 43.4 Å². The van der Waals surface area contributed by atoms with Crippen LogP contribution in [0.25, 0.3) is 0 Å². The molecule has 0 rings (SSSR count). The molecule has 29 valence electrons. The lowest BCUT2D eigenvalue weighted by molar-refractivity contribution is 1.92. The highest BCUT2D eigenvalue weighted by atomic mass is 32.1. The summed E-state index contributed by atoms with van der Waals surface area (Å²) in [5.74, 6) is 7.46. The normalized spacial score (nSPS) is 3.50. The van der Waals surface area contributed by atoms with Gasteiger partial charge in [-0.15, -0.1) is 0 Å². The van der Waals surface area contributed by atoms with E-state index in [2.05, 4.69) is 35.6 Å². The van der Waals surface area contributed by atoms with Crippen molar-refractivity contribution in [3.8, 4) is 23.0 Å². The lowest BCUT2D eigenvalue weighted by Gasteiger charge is -1.46. The van der Waals surface area contributed by atoms with Crippen molar-refractivity contribution < 1.29 is 0 Å². The van der Waals surface area contributed by atoms with Crippen molar-refractivity contribution >= 4 is 12.6 Å². The predicted octanol–water partition coefficient (Wildman–Crippen LogP) is 1.17. The second-order valence-corrected chi connectivity index (χ2v) is 0.806. The molecule has 0 spiro atoms. The summed E-state index contributed by atoms with van der Waals surface area (Å²) in [7, 11) is 0. The Morgan fingerprint density at radius 2 is 2.00 bits per heavy atom. The van der Waals surface area contributed by atoms with E-state index in [-0.39, 0.29) is 0 Å². The van der Waals surface area contributed by atoms with Crippen LogP contribution in [0.1, 0.15) is 6.92 Å². The minimum Gasteiger partial charge on any atom is -0.0925 e. The highest BCUT2D eigenvalue weighted by Gasteiger charge is 1.43. The van der Waals surface area contributed by atoms with Gasteiger partial charge in [0.2, 0.25) is 0 Å². The molecule has 0 nitrogen and oxygen atoms in total. The smallest absolute Gasteiger partial charge is 0.0148 e. The van der Waals surface area contributed by atoms with Gasteiger partial charge in [-0.1, -0.05) is 5.92 Å². The standard InChI is InChI=1S/C5H3S/c1-2-3-4-5-6/h1H3. The van der Waals surface area contributed by atoms with Crippen molar-refractivity contribution in [3.05, 3.63) is 0 Å². The zero-order valence-electron chi connectivity index (χ0n) is 3.41. The first-order valence-electron chi connectivity index (χ1n) is 1.45. The largest absolute Gasteiger partial charge is 0.0925 e. The summed E-state index contributed by atoms with van der Waals surface area (Å²) in [6.45, 7) is 1.72. The SMILES string of the molecule is CC#CC#C[S]. The zero-order valence-corrected chi connectivity index (χ0v) is 4.22. The third-order valence-electron chi connectivity index (χ3n) is 0.239. The maximum Gasteiger partial charge on any atom is 0.0148 e. The third-order valence-corrected chi connectivity index (χ3v) is 0.341. The second kappa shape index (κ2) is 4.34. The minimum absolute atomic E-state index is 1.72. The van der Waals surface area contributed by atoms with Crippen LogP contribution in [0.3, 0.4) is 0 Å². The fourth-order valence-corrected chi connectivity index (χ4v) is 0.139. The molecule has 0 heterocycles. The van der Waals surface area contributed by atoms with Crippen LogP contribution in [-0.4, -0.2) is 0 Å². The molecule has 6 heavy (non-hydrogen) atoms. The van der Waals surface area contributed by atoms with Gasteiger partial charge in [0.15, 0.2) is 0 Å². The lowest BCUT2D eigenvalue weighted by atomic mass is 10.6. The zero-order chi connectivity index (χ0) is 4.83. The van der Waals surface area contributed by atoms with Gasteiger partial charge in [0.1, 0.15) is 0 Å². The Bertz CT molecular complexity index is 107. The van der Waals surface area contributed by atoms with Crippen LogP contribution >= 0.6 is 12.6 Å². The monoisotopic (exact) mass is 95.0 g/mol. The first-order chi connectivity index (χ1) is 2.91. The molecule has 0 bridgehead atoms. The molecule has 0 saturated heterocycles. The van der Waals surface area contributed by atoms with Crippen molar-refractivity contribution in [2.24, 2.45) is 0 Å². The summed E-state index contributed by atoms with van der Waals surface area (Å²) in [6, 6.07) is 0. The molecule has 1 heteroatoms.